The average molecular weight is 787 g/mol. The van der Waals surface area contributed by atoms with Crippen molar-refractivity contribution in [2.24, 2.45) is 0 Å². The van der Waals surface area contributed by atoms with E-state index in [0.29, 0.717) is 36.5 Å². The summed E-state index contributed by atoms with van der Waals surface area (Å²) in [5.74, 6) is -0.984. The van der Waals surface area contributed by atoms with E-state index in [9.17, 15) is 14.4 Å². The Morgan fingerprint density at radius 2 is 0.966 bits per heavy atom. The molecular formula is C49H60N3O6+. The van der Waals surface area contributed by atoms with Gasteiger partial charge in [-0.3, -0.25) is 0 Å². The van der Waals surface area contributed by atoms with Gasteiger partial charge in [0, 0.05) is 64.4 Å². The van der Waals surface area contributed by atoms with Crippen molar-refractivity contribution in [2.45, 2.75) is 99.3 Å². The van der Waals surface area contributed by atoms with E-state index in [4.69, 9.17) is 14.2 Å². The molecule has 3 aliphatic rings. The maximum atomic E-state index is 12.9. The molecule has 0 N–H and O–H groups in total. The first-order valence-corrected chi connectivity index (χ1v) is 20.8. The Labute approximate surface area is 344 Å². The molecule has 3 aromatic rings. The van der Waals surface area contributed by atoms with Gasteiger partial charge in [0.05, 0.1) is 41.9 Å². The van der Waals surface area contributed by atoms with Crippen molar-refractivity contribution in [3.8, 4) is 0 Å². The highest BCUT2D eigenvalue weighted by atomic mass is 16.5. The van der Waals surface area contributed by atoms with Crippen LogP contribution in [0.15, 0.2) is 89.8 Å². The van der Waals surface area contributed by atoms with E-state index in [1.54, 1.807) is 0 Å². The number of esters is 3. The molecular weight excluding hydrogens is 727 g/mol. The van der Waals surface area contributed by atoms with Gasteiger partial charge in [0.1, 0.15) is 6.54 Å². The fraction of sp³-hybridized carbons (Fsp3) is 0.429. The number of hydrogen-bond acceptors (Lipinski definition) is 8. The monoisotopic (exact) mass is 786 g/mol. The Hall–Kier alpha value is -5.44. The lowest BCUT2D eigenvalue weighted by molar-refractivity contribution is -0.433. The third-order valence-electron chi connectivity index (χ3n) is 12.1. The first-order valence-electron chi connectivity index (χ1n) is 20.8. The van der Waals surface area contributed by atoms with Crippen molar-refractivity contribution in [1.82, 2.24) is 0 Å². The Morgan fingerprint density at radius 3 is 1.34 bits per heavy atom. The molecule has 0 bridgehead atoms. The third-order valence-corrected chi connectivity index (χ3v) is 12.1. The van der Waals surface area contributed by atoms with Crippen LogP contribution in [0.5, 0.6) is 0 Å². The summed E-state index contributed by atoms with van der Waals surface area (Å²) >= 11 is 0. The zero-order valence-electron chi connectivity index (χ0n) is 36.5. The van der Waals surface area contributed by atoms with Crippen molar-refractivity contribution < 1.29 is 33.2 Å². The Morgan fingerprint density at radius 1 is 0.569 bits per heavy atom. The van der Waals surface area contributed by atoms with Crippen LogP contribution in [0.25, 0.3) is 0 Å². The third kappa shape index (κ3) is 7.07. The number of carbonyl (C=O) groups excluding carboxylic acids is 3. The van der Waals surface area contributed by atoms with Crippen LogP contribution in [0.4, 0.5) is 17.1 Å². The summed E-state index contributed by atoms with van der Waals surface area (Å²) in [4.78, 5) is 43.5. The molecule has 306 valence electrons. The summed E-state index contributed by atoms with van der Waals surface area (Å²) in [6.07, 6.45) is 6.92. The van der Waals surface area contributed by atoms with E-state index in [-0.39, 0.29) is 17.9 Å². The Bertz CT molecular complexity index is 2180. The molecule has 3 heterocycles. The van der Waals surface area contributed by atoms with E-state index in [1.807, 2.05) is 75.4 Å². The number of ether oxygens (including phenoxy) is 3. The number of nitrogens with zero attached hydrogens (tertiary/aromatic N) is 3. The smallest absolute Gasteiger partial charge is 0.338 e. The van der Waals surface area contributed by atoms with Crippen molar-refractivity contribution in [3.63, 3.8) is 0 Å². The molecule has 0 saturated heterocycles. The lowest BCUT2D eigenvalue weighted by Crippen LogP contribution is -2.29. The highest BCUT2D eigenvalue weighted by Crippen LogP contribution is 2.51. The van der Waals surface area contributed by atoms with Gasteiger partial charge in [-0.15, -0.1) is 0 Å². The zero-order valence-corrected chi connectivity index (χ0v) is 36.5. The number of carbonyl (C=O) groups is 3. The summed E-state index contributed by atoms with van der Waals surface area (Å²) < 4.78 is 18.5. The van der Waals surface area contributed by atoms with Gasteiger partial charge in [-0.2, -0.15) is 4.58 Å². The second-order valence-electron chi connectivity index (χ2n) is 16.6. The number of allylic oxidation sites excluding steroid dienone is 6. The molecule has 3 aromatic carbocycles. The lowest BCUT2D eigenvalue weighted by Gasteiger charge is -2.28. The first kappa shape index (κ1) is 42.2. The molecule has 0 saturated carbocycles. The summed E-state index contributed by atoms with van der Waals surface area (Å²) in [5.41, 5.74) is 11.0. The standard InChI is InChI=1S/C49H60N3O6/c1-13-50-38-22-19-32(44(53)56-16-4)28-35(38)47(7,8)41(50)25-31(26-42-48(9,10)36-29-33(45(54)57-17-5)20-23-39(36)51(42)14-2)27-43-49(11,12)37-30-34(46(55)58-18-6)21-24-40(37)52(43)15-3/h19-30H,13-18H2,1-12H3/q+1. The van der Waals surface area contributed by atoms with Gasteiger partial charge in [0.2, 0.25) is 5.69 Å². The Balaban J connectivity index is 1.59. The number of hydrogen-bond donors (Lipinski definition) is 0. The minimum atomic E-state index is -0.462. The van der Waals surface area contributed by atoms with Crippen LogP contribution in [0.3, 0.4) is 0 Å². The number of rotatable bonds is 12. The largest absolute Gasteiger partial charge is 0.462 e. The molecule has 0 amide bonds. The summed E-state index contributed by atoms with van der Waals surface area (Å²) in [5, 5.41) is 0. The van der Waals surface area contributed by atoms with Gasteiger partial charge in [0.25, 0.3) is 0 Å². The summed E-state index contributed by atoms with van der Waals surface area (Å²) in [6, 6.07) is 17.7. The van der Waals surface area contributed by atoms with E-state index in [0.717, 1.165) is 76.1 Å². The first-order chi connectivity index (χ1) is 27.5. The SMILES string of the molecule is CCOC(=O)c1ccc2c(c1)C(C)(C)C(=CC(=CC1=[N+](CC)c3ccc(C(=O)OCC)cc3C1(C)C)/C=C1\N(CC)c3ccc(C(=O)OCC)cc3C1(C)C)N2CC. The van der Waals surface area contributed by atoms with E-state index in [1.165, 1.54) is 0 Å². The second-order valence-corrected chi connectivity index (χ2v) is 16.6. The quantitative estimate of drug-likeness (QED) is 0.102. The minimum Gasteiger partial charge on any atom is -0.462 e. The van der Waals surface area contributed by atoms with Gasteiger partial charge in [0.15, 0.2) is 5.71 Å². The number of fused-ring (bicyclic) bond motifs is 3. The van der Waals surface area contributed by atoms with Crippen molar-refractivity contribution in [2.75, 3.05) is 49.3 Å². The van der Waals surface area contributed by atoms with Crippen LogP contribution in [0.1, 0.15) is 131 Å². The molecule has 0 aromatic heterocycles. The van der Waals surface area contributed by atoms with E-state index >= 15 is 0 Å². The number of benzene rings is 3. The van der Waals surface area contributed by atoms with Crippen LogP contribution in [0, 0.1) is 0 Å². The fourth-order valence-corrected chi connectivity index (χ4v) is 9.05. The molecule has 6 rings (SSSR count). The molecule has 0 atom stereocenters. The lowest BCUT2D eigenvalue weighted by atomic mass is 9.79. The molecule has 3 aliphatic heterocycles. The molecule has 0 radical (unpaired) electrons. The van der Waals surface area contributed by atoms with Crippen molar-refractivity contribution in [3.05, 3.63) is 123 Å². The number of anilines is 2. The molecule has 0 aliphatic carbocycles. The highest BCUT2D eigenvalue weighted by molar-refractivity contribution is 6.05. The van der Waals surface area contributed by atoms with Crippen molar-refractivity contribution in [1.29, 1.82) is 0 Å². The minimum absolute atomic E-state index is 0.311. The molecule has 9 heteroatoms. The van der Waals surface area contributed by atoms with E-state index < -0.39 is 16.2 Å². The van der Waals surface area contributed by atoms with Crippen LogP contribution >= 0.6 is 0 Å². The topological polar surface area (TPSA) is 88.4 Å². The van der Waals surface area contributed by atoms with Gasteiger partial charge in [-0.1, -0.05) is 27.7 Å². The summed E-state index contributed by atoms with van der Waals surface area (Å²) in [7, 11) is 0. The fourth-order valence-electron chi connectivity index (χ4n) is 9.05. The van der Waals surface area contributed by atoms with E-state index in [2.05, 4.69) is 94.9 Å². The van der Waals surface area contributed by atoms with Crippen LogP contribution in [-0.2, 0) is 30.5 Å². The maximum Gasteiger partial charge on any atom is 0.338 e. The Kier molecular flexibility index (Phi) is 11.7. The van der Waals surface area contributed by atoms with Crippen molar-refractivity contribution >= 4 is 40.7 Å². The summed E-state index contributed by atoms with van der Waals surface area (Å²) in [6.45, 7) is 28.3. The predicted molar refractivity (Wildman–Crippen MR) is 232 cm³/mol. The van der Waals surface area contributed by atoms with Gasteiger partial charge in [-0.05, 0) is 133 Å². The van der Waals surface area contributed by atoms with Crippen LogP contribution < -0.4 is 9.80 Å². The van der Waals surface area contributed by atoms with Gasteiger partial charge < -0.3 is 24.0 Å². The second kappa shape index (κ2) is 16.1. The molecule has 58 heavy (non-hydrogen) atoms. The van der Waals surface area contributed by atoms with Crippen LogP contribution in [0.2, 0.25) is 0 Å². The van der Waals surface area contributed by atoms with Crippen LogP contribution in [-0.4, -0.2) is 67.7 Å². The highest BCUT2D eigenvalue weighted by Gasteiger charge is 2.46. The van der Waals surface area contributed by atoms with Gasteiger partial charge in [-0.25, -0.2) is 14.4 Å². The average Bonchev–Trinajstić information content (AvgIpc) is 3.64. The maximum absolute atomic E-state index is 12.9. The van der Waals surface area contributed by atoms with Gasteiger partial charge >= 0.3 is 17.9 Å². The molecule has 0 unspecified atom stereocenters. The normalized spacial score (nSPS) is 18.7. The zero-order chi connectivity index (χ0) is 42.3. The molecule has 0 fully saturated rings. The number of likely N-dealkylation sites (N-methyl/N-ethyl adjacent to an activating group) is 2. The predicted octanol–water partition coefficient (Wildman–Crippen LogP) is 9.94. The molecule has 0 spiro atoms. The molecule has 9 nitrogen and oxygen atoms in total.